The van der Waals surface area contributed by atoms with Gasteiger partial charge in [-0.3, -0.25) is 0 Å². The van der Waals surface area contributed by atoms with Crippen molar-refractivity contribution in [1.29, 1.82) is 0 Å². The average molecular weight is 245 g/mol. The zero-order chi connectivity index (χ0) is 12.8. The summed E-state index contributed by atoms with van der Waals surface area (Å²) in [6.45, 7) is 2.73. The van der Waals surface area contributed by atoms with Crippen molar-refractivity contribution in [2.45, 2.75) is 19.1 Å². The van der Waals surface area contributed by atoms with Crippen LogP contribution in [0.5, 0.6) is 0 Å². The van der Waals surface area contributed by atoms with Gasteiger partial charge >= 0.3 is 0 Å². The monoisotopic (exact) mass is 245 g/mol. The Bertz CT molecular complexity index is 360. The Morgan fingerprint density at radius 2 is 2.00 bits per heavy atom. The predicted molar refractivity (Wildman–Crippen MR) is 60.7 cm³/mol. The van der Waals surface area contributed by atoms with Crippen molar-refractivity contribution in [1.82, 2.24) is 5.32 Å². The molecule has 2 unspecified atom stereocenters. The summed E-state index contributed by atoms with van der Waals surface area (Å²) in [7, 11) is 1.60. The van der Waals surface area contributed by atoms with Crippen molar-refractivity contribution in [3.05, 3.63) is 35.4 Å². The summed E-state index contributed by atoms with van der Waals surface area (Å²) in [6.07, 6.45) is -0.832. The molecule has 0 aliphatic heterocycles. The van der Waals surface area contributed by atoms with E-state index in [1.165, 1.54) is 6.07 Å². The third-order valence-electron chi connectivity index (χ3n) is 2.50. The summed E-state index contributed by atoms with van der Waals surface area (Å²) in [5.74, 6) is -1.87. The van der Waals surface area contributed by atoms with Crippen LogP contribution in [0.25, 0.3) is 0 Å². The Morgan fingerprint density at radius 3 is 2.59 bits per heavy atom. The maximum atomic E-state index is 12.9. The average Bonchev–Trinajstić information content (AvgIpc) is 2.32. The SMILES string of the molecule is COC(C)CNCC(O)c1ccc(F)c(F)c1. The number of methoxy groups -OCH3 is 1. The second-order valence-electron chi connectivity index (χ2n) is 3.89. The lowest BCUT2D eigenvalue weighted by Gasteiger charge is -2.15. The normalized spacial score (nSPS) is 14.6. The smallest absolute Gasteiger partial charge is 0.159 e. The van der Waals surface area contributed by atoms with Crippen LogP contribution in [-0.2, 0) is 4.74 Å². The van der Waals surface area contributed by atoms with E-state index in [0.717, 1.165) is 12.1 Å². The molecule has 0 saturated carbocycles. The number of hydrogen-bond donors (Lipinski definition) is 2. The molecule has 17 heavy (non-hydrogen) atoms. The number of nitrogens with one attached hydrogen (secondary N) is 1. The van der Waals surface area contributed by atoms with Gasteiger partial charge in [-0.15, -0.1) is 0 Å². The Kier molecular flexibility index (Phi) is 5.47. The third-order valence-corrected chi connectivity index (χ3v) is 2.50. The van der Waals surface area contributed by atoms with Crippen molar-refractivity contribution in [2.75, 3.05) is 20.2 Å². The number of halogens is 2. The molecule has 0 saturated heterocycles. The molecule has 96 valence electrons. The minimum absolute atomic E-state index is 0.0344. The molecular formula is C12H17F2NO2. The molecule has 0 spiro atoms. The number of ether oxygens (including phenoxy) is 1. The topological polar surface area (TPSA) is 41.5 Å². The Labute approximate surface area is 99.4 Å². The van der Waals surface area contributed by atoms with E-state index in [1.54, 1.807) is 7.11 Å². The number of benzene rings is 1. The predicted octanol–water partition coefficient (Wildman–Crippen LogP) is 1.62. The quantitative estimate of drug-likeness (QED) is 0.800. The molecule has 2 N–H and O–H groups in total. The lowest BCUT2D eigenvalue weighted by molar-refractivity contribution is 0.109. The summed E-state index contributed by atoms with van der Waals surface area (Å²) in [6, 6.07) is 3.37. The minimum Gasteiger partial charge on any atom is -0.387 e. The van der Waals surface area contributed by atoms with E-state index < -0.39 is 17.7 Å². The van der Waals surface area contributed by atoms with Crippen molar-refractivity contribution >= 4 is 0 Å². The van der Waals surface area contributed by atoms with Gasteiger partial charge in [-0.25, -0.2) is 8.78 Å². The van der Waals surface area contributed by atoms with Gasteiger partial charge in [0.05, 0.1) is 12.2 Å². The molecule has 0 radical (unpaired) electrons. The van der Waals surface area contributed by atoms with Gasteiger partial charge < -0.3 is 15.2 Å². The van der Waals surface area contributed by atoms with Crippen molar-refractivity contribution in [3.8, 4) is 0 Å². The molecule has 0 bridgehead atoms. The molecule has 0 fully saturated rings. The number of aliphatic hydroxyl groups is 1. The number of rotatable bonds is 6. The summed E-state index contributed by atoms with van der Waals surface area (Å²) >= 11 is 0. The van der Waals surface area contributed by atoms with Gasteiger partial charge in [0.15, 0.2) is 11.6 Å². The van der Waals surface area contributed by atoms with Gasteiger partial charge in [0.2, 0.25) is 0 Å². The molecule has 0 heterocycles. The fourth-order valence-electron chi connectivity index (χ4n) is 1.34. The van der Waals surface area contributed by atoms with Crippen LogP contribution in [0.4, 0.5) is 8.78 Å². The summed E-state index contributed by atoms with van der Waals surface area (Å²) in [4.78, 5) is 0. The Hall–Kier alpha value is -1.04. The van der Waals surface area contributed by atoms with Crippen LogP contribution in [0.3, 0.4) is 0 Å². The Morgan fingerprint density at radius 1 is 1.29 bits per heavy atom. The molecule has 5 heteroatoms. The molecule has 2 atom stereocenters. The fourth-order valence-corrected chi connectivity index (χ4v) is 1.34. The number of hydrogen-bond acceptors (Lipinski definition) is 3. The van der Waals surface area contributed by atoms with E-state index >= 15 is 0 Å². The minimum atomic E-state index is -0.952. The van der Waals surface area contributed by atoms with Crippen LogP contribution in [0.1, 0.15) is 18.6 Å². The molecule has 0 aliphatic carbocycles. The highest BCUT2D eigenvalue weighted by Crippen LogP contribution is 2.15. The van der Waals surface area contributed by atoms with E-state index in [4.69, 9.17) is 4.74 Å². The van der Waals surface area contributed by atoms with Gasteiger partial charge in [-0.2, -0.15) is 0 Å². The highest BCUT2D eigenvalue weighted by molar-refractivity contribution is 5.20. The second kappa shape index (κ2) is 6.64. The molecule has 3 nitrogen and oxygen atoms in total. The van der Waals surface area contributed by atoms with Gasteiger partial charge in [0.1, 0.15) is 0 Å². The first-order valence-electron chi connectivity index (χ1n) is 5.41. The largest absolute Gasteiger partial charge is 0.387 e. The van der Waals surface area contributed by atoms with Crippen LogP contribution in [0.15, 0.2) is 18.2 Å². The van der Waals surface area contributed by atoms with Crippen LogP contribution in [0, 0.1) is 11.6 Å². The van der Waals surface area contributed by atoms with Gasteiger partial charge in [-0.05, 0) is 24.6 Å². The lowest BCUT2D eigenvalue weighted by atomic mass is 10.1. The van der Waals surface area contributed by atoms with Gasteiger partial charge in [0, 0.05) is 20.2 Å². The van der Waals surface area contributed by atoms with E-state index in [1.807, 2.05) is 6.92 Å². The van der Waals surface area contributed by atoms with E-state index in [2.05, 4.69) is 5.32 Å². The standard InChI is InChI=1S/C12H17F2NO2/c1-8(17-2)6-15-7-12(16)9-3-4-10(13)11(14)5-9/h3-5,8,12,15-16H,6-7H2,1-2H3. The maximum Gasteiger partial charge on any atom is 0.159 e. The maximum absolute atomic E-state index is 12.9. The molecule has 0 aromatic heterocycles. The van der Waals surface area contributed by atoms with Crippen LogP contribution in [-0.4, -0.2) is 31.4 Å². The zero-order valence-electron chi connectivity index (χ0n) is 9.91. The van der Waals surface area contributed by atoms with E-state index in [0.29, 0.717) is 12.1 Å². The van der Waals surface area contributed by atoms with Crippen LogP contribution < -0.4 is 5.32 Å². The van der Waals surface area contributed by atoms with E-state index in [9.17, 15) is 13.9 Å². The van der Waals surface area contributed by atoms with E-state index in [-0.39, 0.29) is 12.6 Å². The molecule has 0 aliphatic rings. The third kappa shape index (κ3) is 4.38. The highest BCUT2D eigenvalue weighted by atomic mass is 19.2. The molecular weight excluding hydrogens is 228 g/mol. The summed E-state index contributed by atoms with van der Waals surface area (Å²) in [5, 5.41) is 12.7. The van der Waals surface area contributed by atoms with Crippen molar-refractivity contribution in [3.63, 3.8) is 0 Å². The van der Waals surface area contributed by atoms with Gasteiger partial charge in [0.25, 0.3) is 0 Å². The van der Waals surface area contributed by atoms with Gasteiger partial charge in [-0.1, -0.05) is 6.07 Å². The molecule has 1 aromatic carbocycles. The first kappa shape index (κ1) is 14.0. The van der Waals surface area contributed by atoms with Crippen molar-refractivity contribution < 1.29 is 18.6 Å². The first-order chi connectivity index (χ1) is 8.04. The number of aliphatic hydroxyl groups excluding tert-OH is 1. The fraction of sp³-hybridized carbons (Fsp3) is 0.500. The summed E-state index contributed by atoms with van der Waals surface area (Å²) < 4.78 is 30.6. The molecule has 1 aromatic rings. The van der Waals surface area contributed by atoms with Crippen molar-refractivity contribution in [2.24, 2.45) is 0 Å². The highest BCUT2D eigenvalue weighted by Gasteiger charge is 2.11. The molecule has 0 amide bonds. The Balaban J connectivity index is 2.46. The second-order valence-corrected chi connectivity index (χ2v) is 3.89. The summed E-state index contributed by atoms with van der Waals surface area (Å²) in [5.41, 5.74) is 0.349. The zero-order valence-corrected chi connectivity index (χ0v) is 9.91. The lowest BCUT2D eigenvalue weighted by Crippen LogP contribution is -2.29. The van der Waals surface area contributed by atoms with Crippen LogP contribution in [0.2, 0.25) is 0 Å². The molecule has 1 rings (SSSR count). The van der Waals surface area contributed by atoms with Crippen LogP contribution >= 0.6 is 0 Å². The first-order valence-corrected chi connectivity index (χ1v) is 5.41.